The Hall–Kier alpha value is -3.43. The van der Waals surface area contributed by atoms with Crippen LogP contribution in [0, 0.1) is 0 Å². The van der Waals surface area contributed by atoms with Gasteiger partial charge in [0.05, 0.1) is 13.2 Å². The summed E-state index contributed by atoms with van der Waals surface area (Å²) in [7, 11) is 0. The van der Waals surface area contributed by atoms with E-state index in [2.05, 4.69) is 78.7 Å². The number of aromatic amines is 1. The van der Waals surface area contributed by atoms with Gasteiger partial charge in [0.15, 0.2) is 5.82 Å². The van der Waals surface area contributed by atoms with Crippen LogP contribution in [0.5, 0.6) is 0 Å². The van der Waals surface area contributed by atoms with Gasteiger partial charge in [-0.2, -0.15) is 5.10 Å². The van der Waals surface area contributed by atoms with Crippen molar-refractivity contribution in [3.63, 3.8) is 0 Å². The Morgan fingerprint density at radius 3 is 2.16 bits per heavy atom. The summed E-state index contributed by atoms with van der Waals surface area (Å²) >= 11 is 0. The number of H-pyrrole nitrogens is 1. The van der Waals surface area contributed by atoms with E-state index in [9.17, 15) is 0 Å². The minimum Gasteiger partial charge on any atom is -0.343 e. The van der Waals surface area contributed by atoms with Gasteiger partial charge in [-0.15, -0.1) is 5.10 Å². The predicted octanol–water partition coefficient (Wildman–Crippen LogP) is 5.54. The number of hydrogen-bond acceptors (Lipinski definition) is 7. The van der Waals surface area contributed by atoms with Crippen molar-refractivity contribution >= 4 is 0 Å². The second-order valence-electron chi connectivity index (χ2n) is 9.05. The van der Waals surface area contributed by atoms with E-state index in [0.29, 0.717) is 37.7 Å². The molecule has 9 nitrogen and oxygen atoms in total. The number of nitrogens with one attached hydrogen (secondary N) is 1. The molecule has 196 valence electrons. The fourth-order valence-corrected chi connectivity index (χ4v) is 4.32. The van der Waals surface area contributed by atoms with Crippen molar-refractivity contribution < 1.29 is 9.47 Å². The van der Waals surface area contributed by atoms with Crippen molar-refractivity contribution in [3.8, 4) is 22.5 Å². The van der Waals surface area contributed by atoms with Crippen LogP contribution < -0.4 is 0 Å². The first-order chi connectivity index (χ1) is 18.1. The van der Waals surface area contributed by atoms with Crippen molar-refractivity contribution in [1.29, 1.82) is 0 Å². The van der Waals surface area contributed by atoms with Gasteiger partial charge in [0.25, 0.3) is 0 Å². The lowest BCUT2D eigenvalue weighted by Gasteiger charge is -2.30. The number of benzene rings is 2. The fraction of sp³-hybridized carbons (Fsp3) is 0.464. The molecule has 4 rings (SSSR count). The third-order valence-corrected chi connectivity index (χ3v) is 6.22. The molecule has 0 bridgehead atoms. The highest BCUT2D eigenvalue weighted by Gasteiger charge is 2.37. The number of rotatable bonds is 14. The van der Waals surface area contributed by atoms with Gasteiger partial charge in [-0.25, -0.2) is 14.8 Å². The summed E-state index contributed by atoms with van der Waals surface area (Å²) in [6, 6.07) is 16.6. The molecule has 0 aliphatic carbocycles. The molecule has 1 N–H and O–H groups in total. The van der Waals surface area contributed by atoms with Gasteiger partial charge >= 0.3 is 0 Å². The van der Waals surface area contributed by atoms with Crippen molar-refractivity contribution in [2.45, 2.75) is 72.1 Å². The van der Waals surface area contributed by atoms with Crippen LogP contribution >= 0.6 is 0 Å². The quantitative estimate of drug-likeness (QED) is 0.225. The smallest absolute Gasteiger partial charge is 0.231 e. The van der Waals surface area contributed by atoms with E-state index in [1.54, 1.807) is 0 Å². The van der Waals surface area contributed by atoms with Gasteiger partial charge in [-0.1, -0.05) is 76.2 Å². The molecule has 0 aliphatic heterocycles. The highest BCUT2D eigenvalue weighted by atomic mass is 16.7. The van der Waals surface area contributed by atoms with Gasteiger partial charge in [0.1, 0.15) is 5.82 Å². The largest absolute Gasteiger partial charge is 0.343 e. The lowest BCUT2D eigenvalue weighted by molar-refractivity contribution is -0.253. The molecule has 0 saturated heterocycles. The third kappa shape index (κ3) is 6.11. The van der Waals surface area contributed by atoms with Crippen LogP contribution in [-0.2, 0) is 28.2 Å². The van der Waals surface area contributed by atoms with Gasteiger partial charge in [-0.05, 0) is 46.4 Å². The maximum atomic E-state index is 6.24. The minimum absolute atomic E-state index is 0.599. The normalized spacial score (nSPS) is 11.8. The topological polar surface area (TPSA) is 104 Å². The molecular formula is C28H37N7O2. The Morgan fingerprint density at radius 1 is 0.865 bits per heavy atom. The van der Waals surface area contributed by atoms with E-state index >= 15 is 0 Å². The summed E-state index contributed by atoms with van der Waals surface area (Å²) in [5, 5.41) is 19.3. The van der Waals surface area contributed by atoms with Crippen LogP contribution in [0.4, 0.5) is 0 Å². The lowest BCUT2D eigenvalue weighted by atomic mass is 9.98. The van der Waals surface area contributed by atoms with Gasteiger partial charge in [0.2, 0.25) is 11.6 Å². The standard InChI is InChI=1S/C28H37N7O2/c1-5-17-35-25(29-27(32-35)28(8-4,36-18-6-2)37-19-7-3)20-21-13-15-22(16-14-21)23-11-9-10-12-24(23)26-30-33-34-31-26/h9-16H,5-8,17-20H2,1-4H3,(H,30,31,33,34). The van der Waals surface area contributed by atoms with Crippen LogP contribution in [-0.4, -0.2) is 48.6 Å². The zero-order valence-corrected chi connectivity index (χ0v) is 22.3. The Balaban J connectivity index is 1.61. The van der Waals surface area contributed by atoms with Crippen molar-refractivity contribution in [1.82, 2.24) is 35.4 Å². The van der Waals surface area contributed by atoms with Crippen LogP contribution in [0.25, 0.3) is 22.5 Å². The fourth-order valence-electron chi connectivity index (χ4n) is 4.32. The molecule has 0 fully saturated rings. The first-order valence-electron chi connectivity index (χ1n) is 13.3. The SMILES string of the molecule is CCCOC(CC)(OCCC)c1nc(Cc2ccc(-c3ccccc3-c3nnn[nH]3)cc2)n(CCC)n1. The minimum atomic E-state index is -0.914. The molecule has 4 aromatic rings. The summed E-state index contributed by atoms with van der Waals surface area (Å²) in [6.45, 7) is 10.4. The van der Waals surface area contributed by atoms with E-state index in [0.717, 1.165) is 53.9 Å². The molecule has 0 unspecified atom stereocenters. The molecule has 0 amide bonds. The average Bonchev–Trinajstić information content (AvgIpc) is 3.61. The number of ether oxygens (including phenoxy) is 2. The Bertz CT molecular complexity index is 1230. The van der Waals surface area contributed by atoms with E-state index < -0.39 is 5.79 Å². The zero-order valence-electron chi connectivity index (χ0n) is 22.3. The van der Waals surface area contributed by atoms with E-state index in [-0.39, 0.29) is 0 Å². The lowest BCUT2D eigenvalue weighted by Crippen LogP contribution is -2.35. The Labute approximate surface area is 218 Å². The van der Waals surface area contributed by atoms with Crippen LogP contribution in [0.2, 0.25) is 0 Å². The Kier molecular flexibility index (Phi) is 9.14. The molecule has 9 heteroatoms. The van der Waals surface area contributed by atoms with Crippen molar-refractivity contribution in [2.24, 2.45) is 0 Å². The monoisotopic (exact) mass is 503 g/mol. The van der Waals surface area contributed by atoms with E-state index in [1.165, 1.54) is 0 Å². The average molecular weight is 504 g/mol. The highest BCUT2D eigenvalue weighted by molar-refractivity contribution is 5.80. The molecule has 0 saturated carbocycles. The van der Waals surface area contributed by atoms with E-state index in [4.69, 9.17) is 19.6 Å². The summed E-state index contributed by atoms with van der Waals surface area (Å²) in [4.78, 5) is 4.98. The molecule has 0 aliphatic rings. The number of tetrazole rings is 1. The molecule has 37 heavy (non-hydrogen) atoms. The number of aryl methyl sites for hydroxylation is 1. The summed E-state index contributed by atoms with van der Waals surface area (Å²) in [5.74, 6) is 1.26. The maximum absolute atomic E-state index is 6.24. The second kappa shape index (κ2) is 12.7. The number of aromatic nitrogens is 7. The molecule has 0 spiro atoms. The molecule has 2 heterocycles. The van der Waals surface area contributed by atoms with Gasteiger partial charge < -0.3 is 9.47 Å². The predicted molar refractivity (Wildman–Crippen MR) is 143 cm³/mol. The second-order valence-corrected chi connectivity index (χ2v) is 9.05. The van der Waals surface area contributed by atoms with Crippen molar-refractivity contribution in [2.75, 3.05) is 13.2 Å². The highest BCUT2D eigenvalue weighted by Crippen LogP contribution is 2.32. The molecule has 0 atom stereocenters. The molecular weight excluding hydrogens is 466 g/mol. The molecule has 2 aromatic heterocycles. The Morgan fingerprint density at radius 2 is 1.57 bits per heavy atom. The maximum Gasteiger partial charge on any atom is 0.231 e. The number of nitrogens with zero attached hydrogens (tertiary/aromatic N) is 6. The van der Waals surface area contributed by atoms with Crippen LogP contribution in [0.1, 0.15) is 70.6 Å². The third-order valence-electron chi connectivity index (χ3n) is 6.22. The number of hydrogen-bond donors (Lipinski definition) is 1. The van der Waals surface area contributed by atoms with E-state index in [1.807, 2.05) is 22.9 Å². The summed E-state index contributed by atoms with van der Waals surface area (Å²) in [5.41, 5.74) is 4.28. The van der Waals surface area contributed by atoms with Gasteiger partial charge in [-0.3, -0.25) is 0 Å². The first-order valence-corrected chi connectivity index (χ1v) is 13.3. The zero-order chi connectivity index (χ0) is 26.1. The van der Waals surface area contributed by atoms with Gasteiger partial charge in [0, 0.05) is 24.9 Å². The molecule has 2 aromatic carbocycles. The summed E-state index contributed by atoms with van der Waals surface area (Å²) < 4.78 is 14.5. The summed E-state index contributed by atoms with van der Waals surface area (Å²) in [6.07, 6.45) is 4.09. The van der Waals surface area contributed by atoms with Crippen LogP contribution in [0.15, 0.2) is 48.5 Å². The van der Waals surface area contributed by atoms with Crippen LogP contribution in [0.3, 0.4) is 0 Å². The molecule has 0 radical (unpaired) electrons. The first kappa shape index (κ1) is 26.6. The van der Waals surface area contributed by atoms with Crippen molar-refractivity contribution in [3.05, 3.63) is 65.7 Å².